The van der Waals surface area contributed by atoms with Crippen molar-refractivity contribution in [3.63, 3.8) is 0 Å². The number of hydrogen-bond donors (Lipinski definition) is 2. The summed E-state index contributed by atoms with van der Waals surface area (Å²) in [4.78, 5) is 30.2. The van der Waals surface area contributed by atoms with Crippen molar-refractivity contribution >= 4 is 17.6 Å². The van der Waals surface area contributed by atoms with Gasteiger partial charge in [0.25, 0.3) is 0 Å². The highest BCUT2D eigenvalue weighted by Crippen LogP contribution is 2.21. The quantitative estimate of drug-likeness (QED) is 0.865. The number of urea groups is 1. The van der Waals surface area contributed by atoms with Gasteiger partial charge in [-0.05, 0) is 18.6 Å². The third-order valence-corrected chi connectivity index (χ3v) is 3.63. The van der Waals surface area contributed by atoms with Crippen LogP contribution in [0.2, 0.25) is 0 Å². The maximum Gasteiger partial charge on any atom is 0.322 e. The molecule has 2 heterocycles. The van der Waals surface area contributed by atoms with Crippen molar-refractivity contribution in [2.45, 2.75) is 32.2 Å². The number of aromatic nitrogens is 1. The number of unbranched alkanes of at least 4 members (excludes halogenated alkanes) is 1. The SMILES string of the molecule is CCCCC1C(=O)NCCN1C(=O)Nc1cccnc1OC. The first-order valence-electron chi connectivity index (χ1n) is 7.51. The number of nitrogens with one attached hydrogen (secondary N) is 2. The van der Waals surface area contributed by atoms with Crippen LogP contribution in [-0.4, -0.2) is 48.1 Å². The van der Waals surface area contributed by atoms with E-state index in [1.165, 1.54) is 7.11 Å². The van der Waals surface area contributed by atoms with Gasteiger partial charge in [-0.15, -0.1) is 0 Å². The van der Waals surface area contributed by atoms with Gasteiger partial charge in [0, 0.05) is 19.3 Å². The number of ether oxygens (including phenoxy) is 1. The van der Waals surface area contributed by atoms with Gasteiger partial charge in [-0.3, -0.25) is 4.79 Å². The van der Waals surface area contributed by atoms with Crippen LogP contribution in [0.5, 0.6) is 5.88 Å². The predicted octanol–water partition coefficient (Wildman–Crippen LogP) is 1.61. The van der Waals surface area contributed by atoms with Gasteiger partial charge in [-0.2, -0.15) is 0 Å². The van der Waals surface area contributed by atoms with Crippen LogP contribution in [0.15, 0.2) is 18.3 Å². The second-order valence-electron chi connectivity index (χ2n) is 5.13. The smallest absolute Gasteiger partial charge is 0.322 e. The van der Waals surface area contributed by atoms with Crippen LogP contribution in [0.3, 0.4) is 0 Å². The number of piperazine rings is 1. The summed E-state index contributed by atoms with van der Waals surface area (Å²) < 4.78 is 5.12. The standard InChI is InChI=1S/C15H22N4O3/c1-3-4-7-12-13(20)16-9-10-19(12)15(21)18-11-6-5-8-17-14(11)22-2/h5-6,8,12H,3-4,7,9-10H2,1-2H3,(H,16,20)(H,18,21). The molecule has 1 aromatic heterocycles. The fraction of sp³-hybridized carbons (Fsp3) is 0.533. The Labute approximate surface area is 130 Å². The molecule has 2 rings (SSSR count). The van der Waals surface area contributed by atoms with Crippen LogP contribution in [-0.2, 0) is 4.79 Å². The minimum Gasteiger partial charge on any atom is -0.480 e. The summed E-state index contributed by atoms with van der Waals surface area (Å²) >= 11 is 0. The van der Waals surface area contributed by atoms with Gasteiger partial charge >= 0.3 is 6.03 Å². The fourth-order valence-corrected chi connectivity index (χ4v) is 2.48. The van der Waals surface area contributed by atoms with Crippen molar-refractivity contribution in [1.29, 1.82) is 0 Å². The minimum atomic E-state index is -0.420. The van der Waals surface area contributed by atoms with Crippen LogP contribution in [0.25, 0.3) is 0 Å². The van der Waals surface area contributed by atoms with E-state index in [-0.39, 0.29) is 11.9 Å². The number of anilines is 1. The molecule has 0 aliphatic carbocycles. The fourth-order valence-electron chi connectivity index (χ4n) is 2.48. The molecule has 1 fully saturated rings. The van der Waals surface area contributed by atoms with E-state index in [4.69, 9.17) is 4.74 Å². The average Bonchev–Trinajstić information content (AvgIpc) is 2.54. The van der Waals surface area contributed by atoms with Crippen molar-refractivity contribution in [1.82, 2.24) is 15.2 Å². The molecule has 1 aliphatic heterocycles. The summed E-state index contributed by atoms with van der Waals surface area (Å²) in [6.07, 6.45) is 4.14. The minimum absolute atomic E-state index is 0.0898. The van der Waals surface area contributed by atoms with E-state index in [1.807, 2.05) is 0 Å². The van der Waals surface area contributed by atoms with E-state index in [1.54, 1.807) is 23.2 Å². The lowest BCUT2D eigenvalue weighted by Crippen LogP contribution is -2.58. The Hall–Kier alpha value is -2.31. The molecule has 22 heavy (non-hydrogen) atoms. The normalized spacial score (nSPS) is 17.8. The highest BCUT2D eigenvalue weighted by molar-refractivity contribution is 5.95. The van der Waals surface area contributed by atoms with Crippen molar-refractivity contribution in [3.05, 3.63) is 18.3 Å². The average molecular weight is 306 g/mol. The Morgan fingerprint density at radius 3 is 3.14 bits per heavy atom. The van der Waals surface area contributed by atoms with Crippen LogP contribution >= 0.6 is 0 Å². The van der Waals surface area contributed by atoms with Crippen LogP contribution < -0.4 is 15.4 Å². The number of rotatable bonds is 5. The Morgan fingerprint density at radius 2 is 2.41 bits per heavy atom. The second kappa shape index (κ2) is 7.63. The zero-order valence-corrected chi connectivity index (χ0v) is 13.0. The van der Waals surface area contributed by atoms with E-state index in [0.29, 0.717) is 31.1 Å². The predicted molar refractivity (Wildman–Crippen MR) is 82.8 cm³/mol. The van der Waals surface area contributed by atoms with Crippen molar-refractivity contribution in [2.75, 3.05) is 25.5 Å². The van der Waals surface area contributed by atoms with Crippen LogP contribution in [0, 0.1) is 0 Å². The summed E-state index contributed by atoms with van der Waals surface area (Å²) in [6.45, 7) is 3.03. The largest absolute Gasteiger partial charge is 0.480 e. The zero-order chi connectivity index (χ0) is 15.9. The molecule has 0 saturated carbocycles. The number of carbonyl (C=O) groups is 2. The van der Waals surface area contributed by atoms with E-state index in [2.05, 4.69) is 22.5 Å². The lowest BCUT2D eigenvalue weighted by Gasteiger charge is -2.35. The molecule has 2 N–H and O–H groups in total. The van der Waals surface area contributed by atoms with Gasteiger partial charge in [0.2, 0.25) is 11.8 Å². The third-order valence-electron chi connectivity index (χ3n) is 3.63. The number of nitrogens with zero attached hydrogens (tertiary/aromatic N) is 2. The van der Waals surface area contributed by atoms with Gasteiger partial charge in [-0.1, -0.05) is 19.8 Å². The number of pyridine rings is 1. The first kappa shape index (κ1) is 16.1. The first-order chi connectivity index (χ1) is 10.7. The van der Waals surface area contributed by atoms with Crippen molar-refractivity contribution in [3.8, 4) is 5.88 Å². The lowest BCUT2D eigenvalue weighted by molar-refractivity contribution is -0.127. The third kappa shape index (κ3) is 3.66. The molecule has 0 spiro atoms. The Kier molecular flexibility index (Phi) is 5.57. The molecule has 0 aromatic carbocycles. The van der Waals surface area contributed by atoms with Gasteiger partial charge < -0.3 is 20.3 Å². The monoisotopic (exact) mass is 306 g/mol. The molecule has 1 aliphatic rings. The van der Waals surface area contributed by atoms with E-state index < -0.39 is 6.04 Å². The maximum absolute atomic E-state index is 12.5. The molecule has 0 bridgehead atoms. The molecule has 1 unspecified atom stereocenters. The summed E-state index contributed by atoms with van der Waals surface area (Å²) in [5, 5.41) is 5.59. The van der Waals surface area contributed by atoms with E-state index in [0.717, 1.165) is 12.8 Å². The Balaban J connectivity index is 2.10. The Bertz CT molecular complexity index is 535. The number of carbonyl (C=O) groups excluding carboxylic acids is 2. The summed E-state index contributed by atoms with van der Waals surface area (Å²) in [5.41, 5.74) is 0.496. The maximum atomic E-state index is 12.5. The molecule has 7 heteroatoms. The van der Waals surface area contributed by atoms with E-state index >= 15 is 0 Å². The highest BCUT2D eigenvalue weighted by Gasteiger charge is 2.32. The van der Waals surface area contributed by atoms with Gasteiger partial charge in [0.15, 0.2) is 0 Å². The summed E-state index contributed by atoms with van der Waals surface area (Å²) in [7, 11) is 1.50. The Morgan fingerprint density at radius 1 is 1.59 bits per heavy atom. The number of amides is 3. The number of methoxy groups -OCH3 is 1. The molecule has 1 aromatic rings. The lowest BCUT2D eigenvalue weighted by atomic mass is 10.1. The molecule has 1 atom stereocenters. The van der Waals surface area contributed by atoms with Gasteiger partial charge in [0.1, 0.15) is 11.7 Å². The molecule has 7 nitrogen and oxygen atoms in total. The summed E-state index contributed by atoms with van der Waals surface area (Å²) in [5.74, 6) is 0.260. The molecule has 1 saturated heterocycles. The highest BCUT2D eigenvalue weighted by atomic mass is 16.5. The molecular weight excluding hydrogens is 284 g/mol. The molecule has 0 radical (unpaired) electrons. The molecule has 120 valence electrons. The summed E-state index contributed by atoms with van der Waals surface area (Å²) in [6, 6.07) is 2.71. The second-order valence-corrected chi connectivity index (χ2v) is 5.13. The van der Waals surface area contributed by atoms with Crippen molar-refractivity contribution < 1.29 is 14.3 Å². The van der Waals surface area contributed by atoms with E-state index in [9.17, 15) is 9.59 Å². The molecular formula is C15H22N4O3. The van der Waals surface area contributed by atoms with Crippen LogP contribution in [0.1, 0.15) is 26.2 Å². The zero-order valence-electron chi connectivity index (χ0n) is 13.0. The van der Waals surface area contributed by atoms with Crippen molar-refractivity contribution in [2.24, 2.45) is 0 Å². The van der Waals surface area contributed by atoms with Crippen LogP contribution in [0.4, 0.5) is 10.5 Å². The topological polar surface area (TPSA) is 83.6 Å². The van der Waals surface area contributed by atoms with Gasteiger partial charge in [0.05, 0.1) is 7.11 Å². The molecule has 3 amide bonds. The number of hydrogen-bond acceptors (Lipinski definition) is 4. The first-order valence-corrected chi connectivity index (χ1v) is 7.51. The van der Waals surface area contributed by atoms with Gasteiger partial charge in [-0.25, -0.2) is 9.78 Å².